The highest BCUT2D eigenvalue weighted by Crippen LogP contribution is 2.39. The quantitative estimate of drug-likeness (QED) is 0.0499. The fourth-order valence-electron chi connectivity index (χ4n) is 11.1. The van der Waals surface area contributed by atoms with Crippen LogP contribution < -0.4 is 30.1 Å². The summed E-state index contributed by atoms with van der Waals surface area (Å²) in [6.07, 6.45) is 5.02. The summed E-state index contributed by atoms with van der Waals surface area (Å²) in [5.74, 6) is 0.968. The summed E-state index contributed by atoms with van der Waals surface area (Å²) in [4.78, 5) is 4.83. The second kappa shape index (κ2) is 22.5. The van der Waals surface area contributed by atoms with E-state index >= 15 is 0 Å². The van der Waals surface area contributed by atoms with Crippen molar-refractivity contribution in [1.82, 2.24) is 14.1 Å². The van der Waals surface area contributed by atoms with Gasteiger partial charge in [0, 0.05) is 23.0 Å². The molecule has 0 aliphatic carbocycles. The number of para-hydroxylation sites is 2. The molecule has 0 radical (unpaired) electrons. The first-order valence-corrected chi connectivity index (χ1v) is 29.5. The van der Waals surface area contributed by atoms with Crippen molar-refractivity contribution in [3.05, 3.63) is 333 Å². The van der Waals surface area contributed by atoms with E-state index in [1.807, 2.05) is 47.0 Å². The Bertz CT molecular complexity index is 6680. The summed E-state index contributed by atoms with van der Waals surface area (Å²) in [5.41, 5.74) is -4.71. The Morgan fingerprint density at radius 3 is 1.61 bits per heavy atom. The average Bonchev–Trinajstić information content (AvgIpc) is 0.762. The lowest BCUT2D eigenvalue weighted by Crippen LogP contribution is -2.76. The zero-order valence-corrected chi connectivity index (χ0v) is 47.7. The van der Waals surface area contributed by atoms with Gasteiger partial charge in [-0.15, -0.1) is 0 Å². The van der Waals surface area contributed by atoms with E-state index < -0.39 is 267 Å². The van der Waals surface area contributed by atoms with Gasteiger partial charge in [-0.2, -0.15) is 0 Å². The predicted octanol–water partition coefficient (Wildman–Crippen LogP) is 17.3. The normalized spacial score (nSPS) is 17.1. The Hall–Kier alpha value is -10.9. The molecule has 420 valence electrons. The molecule has 88 heavy (non-hydrogen) atoms. The smallest absolute Gasteiger partial charge is 0.269 e. The maximum Gasteiger partial charge on any atom is 0.269 e. The molecule has 0 aliphatic heterocycles. The van der Waals surface area contributed by atoms with Gasteiger partial charge in [-0.25, -0.2) is 4.98 Å². The highest BCUT2D eigenvalue weighted by molar-refractivity contribution is 7.20. The number of ether oxygens (including phenoxy) is 1. The van der Waals surface area contributed by atoms with E-state index in [1.165, 1.54) is 34.9 Å². The van der Waals surface area contributed by atoms with E-state index in [4.69, 9.17) is 26.2 Å². The molecule has 0 atom stereocenters. The van der Waals surface area contributed by atoms with Crippen LogP contribution in [0.3, 0.4) is 0 Å². The van der Waals surface area contributed by atoms with Crippen LogP contribution in [-0.2, 0) is 5.41 Å². The SMILES string of the molecule is [2H]c1c([2H])c([2H])c(-c2ccc3c(c2)n(-c2cccc(Oc4ccc5c6ccccc6n(-c6cc(C(C)(C)C)ccn6)c5c4)c2)[c-][n+]3-c2c(-c3c([2H])c(-c4c([2H])c([2H])c([2H])c([2H])c4[2H])c([2H])c(-c4c([2H])c([2H])c([2H])c([2H])c4[2H])c3[2H])cccc2[Si](c2c([2H])c([2H])c([2H])c([2H])c2[2H])(c2c([2H])c([2H])c([2H])c([2H])c2[2H])c2c([2H])c([2H])c([2H])c([2H])c2[2H])c([2H])c1[2H]. The van der Waals surface area contributed by atoms with Crippen LogP contribution in [0, 0.1) is 6.33 Å². The summed E-state index contributed by atoms with van der Waals surface area (Å²) >= 11 is 0. The highest BCUT2D eigenvalue weighted by atomic mass is 28.3. The number of aromatic nitrogens is 4. The molecule has 5 nitrogen and oxygen atoms in total. The van der Waals surface area contributed by atoms with Gasteiger partial charge in [-0.3, -0.25) is 13.7 Å². The summed E-state index contributed by atoms with van der Waals surface area (Å²) in [7, 11) is -6.57. The second-order valence-corrected chi connectivity index (χ2v) is 24.7. The van der Waals surface area contributed by atoms with Crippen LogP contribution in [0.1, 0.15) is 71.6 Å². The van der Waals surface area contributed by atoms with Crippen LogP contribution in [0.2, 0.25) is 0 Å². The molecule has 0 saturated heterocycles. The molecule has 0 aliphatic rings. The van der Waals surface area contributed by atoms with E-state index in [0.717, 1.165) is 44.6 Å². The van der Waals surface area contributed by atoms with E-state index in [9.17, 15) is 28.8 Å². The Kier molecular flexibility index (Phi) is 7.41. The Balaban J connectivity index is 1.17. The lowest BCUT2D eigenvalue weighted by atomic mass is 9.88. The molecule has 12 aromatic carbocycles. The zero-order valence-electron chi connectivity index (χ0n) is 79.7. The molecule has 3 aromatic heterocycles. The van der Waals surface area contributed by atoms with Crippen molar-refractivity contribution in [1.29, 1.82) is 0 Å². The molecule has 0 bridgehead atoms. The summed E-state index contributed by atoms with van der Waals surface area (Å²) in [6.45, 7) is 6.23. The molecule has 15 rings (SSSR count). The largest absolute Gasteiger partial charge is 0.458 e. The zero-order chi connectivity index (χ0) is 87.9. The van der Waals surface area contributed by atoms with Gasteiger partial charge < -0.3 is 4.74 Å². The number of hydrogen-bond acceptors (Lipinski definition) is 2. The molecule has 0 fully saturated rings. The third-order valence-electron chi connectivity index (χ3n) is 15.1. The van der Waals surface area contributed by atoms with Crippen molar-refractivity contribution < 1.29 is 54.5 Å². The second-order valence-electron chi connectivity index (χ2n) is 21.2. The minimum atomic E-state index is -6.57. The topological polar surface area (TPSA) is 35.9 Å². The summed E-state index contributed by atoms with van der Waals surface area (Å²) in [5, 5.41) is -2.20. The van der Waals surface area contributed by atoms with Gasteiger partial charge in [0.1, 0.15) is 17.3 Å². The highest BCUT2D eigenvalue weighted by Gasteiger charge is 2.44. The molecule has 3 heterocycles. The molecule has 6 heteroatoms. The fraction of sp³-hybridized carbons (Fsp3) is 0.0488. The van der Waals surface area contributed by atoms with Crippen molar-refractivity contribution in [3.63, 3.8) is 0 Å². The van der Waals surface area contributed by atoms with Gasteiger partial charge in [0.15, 0.2) is 8.07 Å². The molecular formula is C82H62N4OSi. The first kappa shape index (κ1) is 29.0. The molecule has 0 amide bonds. The predicted molar refractivity (Wildman–Crippen MR) is 366 cm³/mol. The molecule has 0 unspecified atom stereocenters. The number of fused-ring (bicyclic) bond motifs is 4. The van der Waals surface area contributed by atoms with E-state index in [-0.39, 0.29) is 44.8 Å². The van der Waals surface area contributed by atoms with Crippen LogP contribution >= 0.6 is 0 Å². The van der Waals surface area contributed by atoms with Crippen molar-refractivity contribution >= 4 is 61.7 Å². The molecule has 0 saturated carbocycles. The Labute approximate surface area is 561 Å². The minimum absolute atomic E-state index is 0.0510. The van der Waals surface area contributed by atoms with Crippen molar-refractivity contribution in [2.45, 2.75) is 26.2 Å². The number of hydrogen-bond donors (Lipinski definition) is 0. The maximum absolute atomic E-state index is 10.7. The fourth-order valence-corrected chi connectivity index (χ4v) is 15.1. The summed E-state index contributed by atoms with van der Waals surface area (Å²) in [6, 6.07) is -4.91. The van der Waals surface area contributed by atoms with Gasteiger partial charge >= 0.3 is 0 Å². The van der Waals surface area contributed by atoms with Gasteiger partial charge in [-0.05, 0) is 149 Å². The van der Waals surface area contributed by atoms with Crippen LogP contribution in [0.5, 0.6) is 11.5 Å². The number of rotatable bonds is 13. The van der Waals surface area contributed by atoms with Crippen molar-refractivity contribution in [2.24, 2.45) is 0 Å². The van der Waals surface area contributed by atoms with Crippen LogP contribution in [0.25, 0.3) is 94.5 Å². The number of benzene rings is 12. The standard InChI is InChI=1S/C82H62N4OSi/c1-82(2,3)65-48-49-83-80(54-65)86-75-42-23-22-40-73(75)74-46-45-68(56-77(74)86)87-67-33-24-32-66(55-67)84-57-85(76-47-44-61(53-78(76)84)58-26-10-4-11-27-58)81-72(64-51-62(59-28-12-5-13-29-59)50-63(52-64)60-30-14-6-15-31-60)41-25-43-79(81)88(69-34-16-7-17-35-69,70-36-18-8-19-37-70)71-38-20-9-21-39-71/h4-56H,1-3H3/i4D,5D,6D,7D,8D,9D,10D,11D,12D,13D,14D,15D,16D,17D,18D,19D,20D,21D,26D,27D,28D,29D,30D,31D,34D,35D,36D,37D,38D,39D,50D,51D,52D. The van der Waals surface area contributed by atoms with Crippen LogP contribution in [0.4, 0.5) is 0 Å². The minimum Gasteiger partial charge on any atom is -0.458 e. The summed E-state index contributed by atoms with van der Waals surface area (Å²) < 4.78 is 324. The first-order valence-electron chi connectivity index (χ1n) is 44.0. The van der Waals surface area contributed by atoms with Gasteiger partial charge in [-0.1, -0.05) is 257 Å². The monoisotopic (exact) mass is 1180 g/mol. The number of imidazole rings is 1. The lowest BCUT2D eigenvalue weighted by molar-refractivity contribution is -0.570. The van der Waals surface area contributed by atoms with Crippen molar-refractivity contribution in [3.8, 4) is 73.2 Å². The lowest BCUT2D eigenvalue weighted by Gasteiger charge is -2.37. The van der Waals surface area contributed by atoms with Crippen LogP contribution in [-0.4, -0.2) is 22.2 Å². The Morgan fingerprint density at radius 2 is 1.00 bits per heavy atom. The third kappa shape index (κ3) is 9.70. The third-order valence-corrected chi connectivity index (χ3v) is 19.3. The van der Waals surface area contributed by atoms with E-state index in [1.54, 1.807) is 30.5 Å². The van der Waals surface area contributed by atoms with E-state index in [2.05, 4.69) is 27.1 Å². The van der Waals surface area contributed by atoms with Gasteiger partial charge in [0.25, 0.3) is 6.33 Å². The first-order chi connectivity index (χ1) is 57.0. The van der Waals surface area contributed by atoms with Gasteiger partial charge in [0.2, 0.25) is 0 Å². The number of nitrogens with zero attached hydrogens (tertiary/aromatic N) is 4. The molecular weight excluding hydrogens is 1090 g/mol. The van der Waals surface area contributed by atoms with Crippen LogP contribution in [0.15, 0.2) is 321 Å². The van der Waals surface area contributed by atoms with Crippen molar-refractivity contribution in [2.75, 3.05) is 0 Å². The Morgan fingerprint density at radius 1 is 0.455 bits per heavy atom. The molecule has 0 spiro atoms. The van der Waals surface area contributed by atoms with Gasteiger partial charge in [0.05, 0.1) is 78.7 Å². The number of pyridine rings is 1. The van der Waals surface area contributed by atoms with E-state index in [0.29, 0.717) is 11.3 Å². The molecule has 15 aromatic rings. The molecule has 0 N–H and O–H groups in total. The average molecular weight is 1180 g/mol. The maximum atomic E-state index is 10.7.